The number of rotatable bonds is 7. The number of nitrogens with zero attached hydrogens (tertiary/aromatic N) is 4. The third kappa shape index (κ3) is 4.63. The highest BCUT2D eigenvalue weighted by atomic mass is 35.5. The van der Waals surface area contributed by atoms with Crippen molar-refractivity contribution in [1.29, 1.82) is 0 Å². The van der Waals surface area contributed by atoms with Crippen molar-refractivity contribution in [3.05, 3.63) is 41.3 Å². The molecular weight excluding hydrogens is 448 g/mol. The Kier molecular flexibility index (Phi) is 6.73. The molecule has 1 amide bonds. The smallest absolute Gasteiger partial charge is 0.223 e. The summed E-state index contributed by atoms with van der Waals surface area (Å²) in [5.74, 6) is 2.38. The molecule has 1 atom stereocenters. The Morgan fingerprint density at radius 3 is 2.53 bits per heavy atom. The van der Waals surface area contributed by atoms with Crippen LogP contribution in [0, 0.1) is 5.92 Å². The van der Waals surface area contributed by atoms with Crippen LogP contribution in [-0.4, -0.2) is 37.7 Å². The quantitative estimate of drug-likeness (QED) is 0.458. The predicted octanol–water partition coefficient (Wildman–Crippen LogP) is 5.62. The molecule has 0 saturated heterocycles. The molecule has 2 aliphatic rings. The zero-order valence-corrected chi connectivity index (χ0v) is 20.7. The number of carbonyl (C=O) groups is 1. The average molecular weight is 481 g/mol. The summed E-state index contributed by atoms with van der Waals surface area (Å²) in [6.45, 7) is 4.30. The lowest BCUT2D eigenvalue weighted by Crippen LogP contribution is -2.44. The van der Waals surface area contributed by atoms with Crippen molar-refractivity contribution in [2.75, 3.05) is 5.32 Å². The van der Waals surface area contributed by atoms with Gasteiger partial charge in [-0.05, 0) is 57.1 Å². The van der Waals surface area contributed by atoms with Crippen molar-refractivity contribution < 1.29 is 4.79 Å². The topological polar surface area (TPSA) is 84.7 Å². The first kappa shape index (κ1) is 23.1. The summed E-state index contributed by atoms with van der Waals surface area (Å²) in [4.78, 5) is 22.1. The Hall–Kier alpha value is -2.67. The molecular formula is C26H33ClN6O. The second-order valence-corrected chi connectivity index (χ2v) is 10.2. The van der Waals surface area contributed by atoms with E-state index in [0.717, 1.165) is 73.3 Å². The first-order chi connectivity index (χ1) is 16.5. The van der Waals surface area contributed by atoms with Crippen LogP contribution in [0.2, 0.25) is 5.02 Å². The summed E-state index contributed by atoms with van der Waals surface area (Å²) in [7, 11) is 0. The SMILES string of the molecule is CC[C@@H](C)c1nc(NC2CCC(NC(=O)C3CCC3)CC2)c2cnn(-c3ccccc3Cl)c2n1. The van der Waals surface area contributed by atoms with Crippen LogP contribution < -0.4 is 10.6 Å². The molecule has 34 heavy (non-hydrogen) atoms. The van der Waals surface area contributed by atoms with Crippen LogP contribution >= 0.6 is 11.6 Å². The second kappa shape index (κ2) is 9.90. The van der Waals surface area contributed by atoms with E-state index in [9.17, 15) is 4.79 Å². The third-order valence-corrected chi connectivity index (χ3v) is 7.79. The van der Waals surface area contributed by atoms with Gasteiger partial charge in [-0.15, -0.1) is 0 Å². The summed E-state index contributed by atoms with van der Waals surface area (Å²) in [5, 5.41) is 13.1. The number of para-hydroxylation sites is 1. The standard InChI is InChI=1S/C26H33ClN6O/c1-3-16(2)23-31-24(20-15-28-33(25(20)32-23)22-10-5-4-9-21(22)27)29-18-11-13-19(14-12-18)30-26(34)17-7-6-8-17/h4-5,9-10,15-19H,3,6-8,11-14H2,1-2H3,(H,30,34)(H,29,31,32)/t16-,18?,19?/m1/s1. The molecule has 0 spiro atoms. The van der Waals surface area contributed by atoms with E-state index in [1.165, 1.54) is 6.42 Å². The minimum absolute atomic E-state index is 0.233. The molecule has 2 fully saturated rings. The molecule has 2 N–H and O–H groups in total. The molecule has 0 radical (unpaired) electrons. The summed E-state index contributed by atoms with van der Waals surface area (Å²) in [6, 6.07) is 8.27. The van der Waals surface area contributed by atoms with E-state index >= 15 is 0 Å². The van der Waals surface area contributed by atoms with Gasteiger partial charge in [0.15, 0.2) is 5.65 Å². The number of halogens is 1. The van der Waals surface area contributed by atoms with Crippen molar-refractivity contribution >= 4 is 34.4 Å². The average Bonchev–Trinajstić information content (AvgIpc) is 3.23. The summed E-state index contributed by atoms with van der Waals surface area (Å²) < 4.78 is 1.81. The van der Waals surface area contributed by atoms with Crippen molar-refractivity contribution in [3.8, 4) is 5.69 Å². The van der Waals surface area contributed by atoms with Crippen LogP contribution in [0.4, 0.5) is 5.82 Å². The predicted molar refractivity (Wildman–Crippen MR) is 136 cm³/mol. The third-order valence-electron chi connectivity index (χ3n) is 7.47. The van der Waals surface area contributed by atoms with E-state index in [4.69, 9.17) is 21.6 Å². The van der Waals surface area contributed by atoms with Crippen molar-refractivity contribution in [2.45, 2.75) is 83.2 Å². The van der Waals surface area contributed by atoms with Gasteiger partial charge < -0.3 is 10.6 Å². The van der Waals surface area contributed by atoms with Gasteiger partial charge in [0.1, 0.15) is 11.6 Å². The van der Waals surface area contributed by atoms with E-state index in [0.29, 0.717) is 11.1 Å². The first-order valence-electron chi connectivity index (χ1n) is 12.6. The molecule has 1 aromatic carbocycles. The summed E-state index contributed by atoms with van der Waals surface area (Å²) in [6.07, 6.45) is 10.0. The highest BCUT2D eigenvalue weighted by molar-refractivity contribution is 6.32. The van der Waals surface area contributed by atoms with Gasteiger partial charge in [-0.25, -0.2) is 14.6 Å². The van der Waals surface area contributed by atoms with Crippen LogP contribution in [-0.2, 0) is 4.79 Å². The summed E-state index contributed by atoms with van der Waals surface area (Å²) in [5.41, 5.74) is 1.57. The fraction of sp³-hybridized carbons (Fsp3) is 0.538. The molecule has 3 aromatic rings. The van der Waals surface area contributed by atoms with Crippen molar-refractivity contribution in [2.24, 2.45) is 5.92 Å². The fourth-order valence-corrected chi connectivity index (χ4v) is 5.02. The van der Waals surface area contributed by atoms with Crippen LogP contribution in [0.3, 0.4) is 0 Å². The Labute approximate surface area is 205 Å². The number of anilines is 1. The number of aromatic nitrogens is 4. The van der Waals surface area contributed by atoms with Crippen LogP contribution in [0.1, 0.15) is 77.0 Å². The van der Waals surface area contributed by atoms with Gasteiger partial charge in [-0.1, -0.05) is 44.0 Å². The van der Waals surface area contributed by atoms with Gasteiger partial charge in [-0.3, -0.25) is 4.79 Å². The van der Waals surface area contributed by atoms with Crippen molar-refractivity contribution in [3.63, 3.8) is 0 Å². The molecule has 7 nitrogen and oxygen atoms in total. The fourth-order valence-electron chi connectivity index (χ4n) is 4.80. The monoisotopic (exact) mass is 480 g/mol. The van der Waals surface area contributed by atoms with Gasteiger partial charge in [0, 0.05) is 23.9 Å². The Morgan fingerprint density at radius 1 is 1.12 bits per heavy atom. The molecule has 5 rings (SSSR count). The normalized spacial score (nSPS) is 21.7. The van der Waals surface area contributed by atoms with Gasteiger partial charge in [-0.2, -0.15) is 5.10 Å². The first-order valence-corrected chi connectivity index (χ1v) is 13.0. The zero-order chi connectivity index (χ0) is 23.7. The number of fused-ring (bicyclic) bond motifs is 1. The lowest BCUT2D eigenvalue weighted by atomic mass is 9.84. The highest BCUT2D eigenvalue weighted by Gasteiger charge is 2.29. The lowest BCUT2D eigenvalue weighted by molar-refractivity contribution is -0.128. The maximum atomic E-state index is 12.3. The number of carbonyl (C=O) groups excluding carboxylic acids is 1. The molecule has 8 heteroatoms. The number of nitrogens with one attached hydrogen (secondary N) is 2. The minimum atomic E-state index is 0.233. The largest absolute Gasteiger partial charge is 0.367 e. The molecule has 2 aromatic heterocycles. The maximum absolute atomic E-state index is 12.3. The lowest BCUT2D eigenvalue weighted by Gasteiger charge is -2.32. The zero-order valence-electron chi connectivity index (χ0n) is 19.9. The number of benzene rings is 1. The van der Waals surface area contributed by atoms with E-state index in [2.05, 4.69) is 29.6 Å². The Morgan fingerprint density at radius 2 is 1.85 bits per heavy atom. The van der Waals surface area contributed by atoms with Gasteiger partial charge in [0.25, 0.3) is 0 Å². The minimum Gasteiger partial charge on any atom is -0.367 e. The molecule has 0 unspecified atom stereocenters. The number of hydrogen-bond acceptors (Lipinski definition) is 5. The molecule has 0 bridgehead atoms. The van der Waals surface area contributed by atoms with Gasteiger partial charge in [0.2, 0.25) is 5.91 Å². The molecule has 2 aliphatic carbocycles. The number of amides is 1. The molecule has 2 heterocycles. The van der Waals surface area contributed by atoms with Crippen LogP contribution in [0.5, 0.6) is 0 Å². The highest BCUT2D eigenvalue weighted by Crippen LogP contribution is 2.31. The maximum Gasteiger partial charge on any atom is 0.223 e. The summed E-state index contributed by atoms with van der Waals surface area (Å²) >= 11 is 6.47. The van der Waals surface area contributed by atoms with Gasteiger partial charge >= 0.3 is 0 Å². The van der Waals surface area contributed by atoms with E-state index < -0.39 is 0 Å². The van der Waals surface area contributed by atoms with E-state index in [1.54, 1.807) is 0 Å². The Balaban J connectivity index is 1.36. The van der Waals surface area contributed by atoms with Crippen LogP contribution in [0.15, 0.2) is 30.5 Å². The van der Waals surface area contributed by atoms with E-state index in [-0.39, 0.29) is 23.8 Å². The Bertz CT molecular complexity index is 1170. The second-order valence-electron chi connectivity index (χ2n) is 9.81. The van der Waals surface area contributed by atoms with Gasteiger partial charge in [0.05, 0.1) is 22.3 Å². The molecule has 2 saturated carbocycles. The number of hydrogen-bond donors (Lipinski definition) is 2. The van der Waals surface area contributed by atoms with Crippen molar-refractivity contribution in [1.82, 2.24) is 25.1 Å². The van der Waals surface area contributed by atoms with E-state index in [1.807, 2.05) is 35.1 Å². The van der Waals surface area contributed by atoms with Crippen LogP contribution in [0.25, 0.3) is 16.7 Å². The molecule has 180 valence electrons. The molecule has 0 aliphatic heterocycles.